The van der Waals surface area contributed by atoms with Gasteiger partial charge in [-0.3, -0.25) is 4.99 Å². The molecule has 2 unspecified atom stereocenters. The Bertz CT molecular complexity index is 711. The maximum Gasteiger partial charge on any atom is 0.191 e. The predicted octanol–water partition coefficient (Wildman–Crippen LogP) is 3.68. The summed E-state index contributed by atoms with van der Waals surface area (Å²) in [7, 11) is 1.74. The summed E-state index contributed by atoms with van der Waals surface area (Å²) in [4.78, 5) is 4.22. The zero-order valence-corrected chi connectivity index (χ0v) is 17.2. The molecule has 0 aliphatic heterocycles. The van der Waals surface area contributed by atoms with Gasteiger partial charge < -0.3 is 15.4 Å². The van der Waals surface area contributed by atoms with E-state index in [9.17, 15) is 4.39 Å². The zero-order chi connectivity index (χ0) is 17.5. The molecule has 2 aromatic carbocycles. The van der Waals surface area contributed by atoms with Gasteiger partial charge in [-0.1, -0.05) is 48.5 Å². The number of nitrogens with zero attached hydrogens (tertiary/aromatic N) is 1. The molecule has 6 heteroatoms. The van der Waals surface area contributed by atoms with Crippen molar-refractivity contribution in [1.82, 2.24) is 10.6 Å². The molecule has 0 spiro atoms. The molecule has 1 fully saturated rings. The van der Waals surface area contributed by atoms with Crippen molar-refractivity contribution < 1.29 is 9.13 Å². The SMILES string of the molecule is CN=C(NCCOCc1ccccc1)NC1CC1c1ccccc1F.I. The average Bonchev–Trinajstić information content (AvgIpc) is 3.40. The van der Waals surface area contributed by atoms with Crippen LogP contribution in [0, 0.1) is 5.82 Å². The molecule has 3 rings (SSSR count). The quantitative estimate of drug-likeness (QED) is 0.282. The van der Waals surface area contributed by atoms with E-state index in [1.807, 2.05) is 42.5 Å². The molecule has 0 amide bonds. The summed E-state index contributed by atoms with van der Waals surface area (Å²) in [5, 5.41) is 6.58. The van der Waals surface area contributed by atoms with Gasteiger partial charge in [0.15, 0.2) is 5.96 Å². The van der Waals surface area contributed by atoms with Crippen molar-refractivity contribution in [1.29, 1.82) is 0 Å². The third-order valence-corrected chi connectivity index (χ3v) is 4.29. The second kappa shape index (κ2) is 10.5. The van der Waals surface area contributed by atoms with Gasteiger partial charge in [-0.2, -0.15) is 0 Å². The van der Waals surface area contributed by atoms with E-state index < -0.39 is 0 Å². The zero-order valence-electron chi connectivity index (χ0n) is 14.8. The number of guanidine groups is 1. The van der Waals surface area contributed by atoms with Crippen molar-refractivity contribution in [2.75, 3.05) is 20.2 Å². The van der Waals surface area contributed by atoms with Gasteiger partial charge in [0, 0.05) is 25.6 Å². The number of aliphatic imine (C=N–C) groups is 1. The van der Waals surface area contributed by atoms with Crippen LogP contribution in [0.1, 0.15) is 23.5 Å². The van der Waals surface area contributed by atoms with Gasteiger partial charge in [-0.15, -0.1) is 24.0 Å². The molecule has 2 aromatic rings. The molecule has 0 saturated heterocycles. The molecular weight excluding hydrogens is 444 g/mol. The smallest absolute Gasteiger partial charge is 0.191 e. The number of benzene rings is 2. The molecule has 1 aliphatic carbocycles. The van der Waals surface area contributed by atoms with Crippen LogP contribution >= 0.6 is 24.0 Å². The Balaban J connectivity index is 0.00000243. The Morgan fingerprint density at radius 2 is 1.88 bits per heavy atom. The van der Waals surface area contributed by atoms with E-state index in [1.165, 1.54) is 6.07 Å². The number of hydrogen-bond acceptors (Lipinski definition) is 2. The Labute approximate surface area is 171 Å². The molecule has 1 saturated carbocycles. The van der Waals surface area contributed by atoms with E-state index in [-0.39, 0.29) is 41.8 Å². The van der Waals surface area contributed by atoms with Crippen LogP contribution in [-0.4, -0.2) is 32.2 Å². The van der Waals surface area contributed by atoms with Crippen molar-refractivity contribution in [2.45, 2.75) is 25.0 Å². The second-order valence-electron chi connectivity index (χ2n) is 6.15. The fourth-order valence-electron chi connectivity index (χ4n) is 2.85. The van der Waals surface area contributed by atoms with Crippen molar-refractivity contribution in [2.24, 2.45) is 4.99 Å². The molecule has 0 radical (unpaired) electrons. The largest absolute Gasteiger partial charge is 0.375 e. The van der Waals surface area contributed by atoms with Crippen molar-refractivity contribution in [3.63, 3.8) is 0 Å². The van der Waals surface area contributed by atoms with Crippen LogP contribution in [-0.2, 0) is 11.3 Å². The first-order chi connectivity index (χ1) is 12.3. The summed E-state index contributed by atoms with van der Waals surface area (Å²) >= 11 is 0. The lowest BCUT2D eigenvalue weighted by molar-refractivity contribution is 0.125. The van der Waals surface area contributed by atoms with Gasteiger partial charge in [0.1, 0.15) is 5.82 Å². The topological polar surface area (TPSA) is 45.7 Å². The van der Waals surface area contributed by atoms with Crippen LogP contribution in [0.3, 0.4) is 0 Å². The normalized spacial score (nSPS) is 18.8. The minimum atomic E-state index is -0.131. The third-order valence-electron chi connectivity index (χ3n) is 4.29. The minimum absolute atomic E-state index is 0. The fraction of sp³-hybridized carbons (Fsp3) is 0.350. The van der Waals surface area contributed by atoms with Crippen LogP contribution in [0.4, 0.5) is 4.39 Å². The van der Waals surface area contributed by atoms with E-state index in [1.54, 1.807) is 13.1 Å². The second-order valence-corrected chi connectivity index (χ2v) is 6.15. The molecule has 4 nitrogen and oxygen atoms in total. The predicted molar refractivity (Wildman–Crippen MR) is 114 cm³/mol. The first-order valence-electron chi connectivity index (χ1n) is 8.61. The average molecular weight is 469 g/mol. The van der Waals surface area contributed by atoms with Crippen molar-refractivity contribution >= 4 is 29.9 Å². The molecule has 0 bridgehead atoms. The first kappa shape index (κ1) is 20.6. The third kappa shape index (κ3) is 5.95. The summed E-state index contributed by atoms with van der Waals surface area (Å²) in [5.41, 5.74) is 1.94. The van der Waals surface area contributed by atoms with E-state index in [0.29, 0.717) is 19.8 Å². The van der Waals surface area contributed by atoms with Crippen molar-refractivity contribution in [3.8, 4) is 0 Å². The summed E-state index contributed by atoms with van der Waals surface area (Å²) in [6.45, 7) is 1.87. The van der Waals surface area contributed by atoms with Crippen LogP contribution in [0.2, 0.25) is 0 Å². The molecule has 1 aliphatic rings. The number of hydrogen-bond donors (Lipinski definition) is 2. The van der Waals surface area contributed by atoms with E-state index in [2.05, 4.69) is 15.6 Å². The Morgan fingerprint density at radius 1 is 1.15 bits per heavy atom. The van der Waals surface area contributed by atoms with E-state index >= 15 is 0 Å². The number of halogens is 2. The molecule has 140 valence electrons. The van der Waals surface area contributed by atoms with Crippen molar-refractivity contribution in [3.05, 3.63) is 71.5 Å². The maximum absolute atomic E-state index is 13.8. The summed E-state index contributed by atoms with van der Waals surface area (Å²) in [6.07, 6.45) is 0.923. The first-order valence-corrected chi connectivity index (χ1v) is 8.61. The number of ether oxygens (including phenoxy) is 1. The number of rotatable bonds is 7. The van der Waals surface area contributed by atoms with Gasteiger partial charge in [0.25, 0.3) is 0 Å². The Kier molecular flexibility index (Phi) is 8.31. The highest BCUT2D eigenvalue weighted by Gasteiger charge is 2.40. The Morgan fingerprint density at radius 3 is 2.62 bits per heavy atom. The summed E-state index contributed by atoms with van der Waals surface area (Å²) in [5.74, 6) is 0.815. The monoisotopic (exact) mass is 469 g/mol. The van der Waals surface area contributed by atoms with E-state index in [4.69, 9.17) is 4.74 Å². The highest BCUT2D eigenvalue weighted by molar-refractivity contribution is 14.0. The molecular formula is C20H25FIN3O. The van der Waals surface area contributed by atoms with Crippen LogP contribution in [0.25, 0.3) is 0 Å². The minimum Gasteiger partial charge on any atom is -0.375 e. The lowest BCUT2D eigenvalue weighted by Gasteiger charge is -2.12. The van der Waals surface area contributed by atoms with Gasteiger partial charge >= 0.3 is 0 Å². The molecule has 0 aromatic heterocycles. The lowest BCUT2D eigenvalue weighted by atomic mass is 10.1. The standard InChI is InChI=1S/C20H24FN3O.HI/c1-22-20(23-11-12-25-14-15-7-3-2-4-8-15)24-19-13-17(19)16-9-5-6-10-18(16)21;/h2-10,17,19H,11-14H2,1H3,(H2,22,23,24);1H. The fourth-order valence-corrected chi connectivity index (χ4v) is 2.85. The highest BCUT2D eigenvalue weighted by Crippen LogP contribution is 2.41. The molecule has 2 atom stereocenters. The van der Waals surface area contributed by atoms with Gasteiger partial charge in [-0.05, 0) is 23.6 Å². The Hall–Kier alpha value is -1.67. The van der Waals surface area contributed by atoms with Gasteiger partial charge in [-0.25, -0.2) is 4.39 Å². The van der Waals surface area contributed by atoms with E-state index in [0.717, 1.165) is 23.5 Å². The van der Waals surface area contributed by atoms with Crippen LogP contribution < -0.4 is 10.6 Å². The molecule has 0 heterocycles. The van der Waals surface area contributed by atoms with Crippen LogP contribution in [0.15, 0.2) is 59.6 Å². The molecule has 26 heavy (non-hydrogen) atoms. The summed E-state index contributed by atoms with van der Waals surface area (Å²) in [6, 6.07) is 17.3. The van der Waals surface area contributed by atoms with Gasteiger partial charge in [0.05, 0.1) is 13.2 Å². The van der Waals surface area contributed by atoms with Crippen LogP contribution in [0.5, 0.6) is 0 Å². The summed E-state index contributed by atoms with van der Waals surface area (Å²) < 4.78 is 19.5. The lowest BCUT2D eigenvalue weighted by Crippen LogP contribution is -2.40. The number of nitrogens with one attached hydrogen (secondary N) is 2. The highest BCUT2D eigenvalue weighted by atomic mass is 127. The van der Waals surface area contributed by atoms with Gasteiger partial charge in [0.2, 0.25) is 0 Å². The molecule has 2 N–H and O–H groups in total. The maximum atomic E-state index is 13.8.